The van der Waals surface area contributed by atoms with Gasteiger partial charge in [-0.25, -0.2) is 4.79 Å². The van der Waals surface area contributed by atoms with Crippen molar-refractivity contribution < 1.29 is 9.53 Å². The Hall–Kier alpha value is -3.73. The number of amides is 2. The summed E-state index contributed by atoms with van der Waals surface area (Å²) in [5.74, 6) is 0.644. The molecule has 0 saturated carbocycles. The maximum atomic E-state index is 13.5. The molecular formula is C26H25N3O2. The van der Waals surface area contributed by atoms with Crippen LogP contribution in [0.15, 0.2) is 72.8 Å². The monoisotopic (exact) mass is 411 g/mol. The summed E-state index contributed by atoms with van der Waals surface area (Å²) >= 11 is 0. The van der Waals surface area contributed by atoms with Crippen molar-refractivity contribution in [1.82, 2.24) is 9.88 Å². The normalized spacial score (nSPS) is 15.5. The van der Waals surface area contributed by atoms with Crippen LogP contribution < -0.4 is 10.1 Å². The standard InChI is InChI=1S/C26H25N3O2/c1-17-11-13-18(14-12-17)25-24-20(19-7-3-4-8-21(19)27-24)15-16-29(25)26(30)28-22-9-5-6-10-23(22)31-2/h3-14,25,27H,15-16H2,1-2H3,(H,28,30)/t25-/m0/s1. The number of carbonyl (C=O) groups excluding carboxylic acids is 1. The number of nitrogens with zero attached hydrogens (tertiary/aromatic N) is 1. The number of rotatable bonds is 3. The van der Waals surface area contributed by atoms with Gasteiger partial charge in [0.1, 0.15) is 5.75 Å². The Labute approximate surface area is 181 Å². The highest BCUT2D eigenvalue weighted by molar-refractivity contribution is 5.92. The second-order valence-electron chi connectivity index (χ2n) is 7.95. The van der Waals surface area contributed by atoms with Crippen LogP contribution in [0.3, 0.4) is 0 Å². The number of ether oxygens (including phenoxy) is 1. The van der Waals surface area contributed by atoms with Crippen LogP contribution in [0.4, 0.5) is 10.5 Å². The zero-order valence-electron chi connectivity index (χ0n) is 17.7. The van der Waals surface area contributed by atoms with Gasteiger partial charge in [0, 0.05) is 23.1 Å². The molecule has 0 bridgehead atoms. The van der Waals surface area contributed by atoms with E-state index >= 15 is 0 Å². The lowest BCUT2D eigenvalue weighted by Crippen LogP contribution is -2.43. The van der Waals surface area contributed by atoms with Crippen LogP contribution in [0.2, 0.25) is 0 Å². The number of para-hydroxylation sites is 3. The number of aromatic nitrogens is 1. The van der Waals surface area contributed by atoms with E-state index in [1.807, 2.05) is 35.2 Å². The largest absolute Gasteiger partial charge is 0.495 e. The predicted molar refractivity (Wildman–Crippen MR) is 124 cm³/mol. The number of hydrogen-bond acceptors (Lipinski definition) is 2. The third kappa shape index (κ3) is 3.42. The lowest BCUT2D eigenvalue weighted by molar-refractivity contribution is 0.193. The number of carbonyl (C=O) groups is 1. The van der Waals surface area contributed by atoms with Crippen LogP contribution in [0.1, 0.15) is 28.4 Å². The third-order valence-corrected chi connectivity index (χ3v) is 6.04. The first-order valence-corrected chi connectivity index (χ1v) is 10.5. The van der Waals surface area contributed by atoms with E-state index in [1.54, 1.807) is 7.11 Å². The van der Waals surface area contributed by atoms with Crippen LogP contribution >= 0.6 is 0 Å². The molecule has 0 spiro atoms. The lowest BCUT2D eigenvalue weighted by Gasteiger charge is -2.36. The van der Waals surface area contributed by atoms with Gasteiger partial charge in [0.2, 0.25) is 0 Å². The van der Waals surface area contributed by atoms with Gasteiger partial charge in [0.05, 0.1) is 18.8 Å². The molecule has 0 fully saturated rings. The smallest absolute Gasteiger partial charge is 0.322 e. The fraction of sp³-hybridized carbons (Fsp3) is 0.192. The zero-order valence-corrected chi connectivity index (χ0v) is 17.7. The highest BCUT2D eigenvalue weighted by atomic mass is 16.5. The number of nitrogens with one attached hydrogen (secondary N) is 2. The maximum Gasteiger partial charge on any atom is 0.322 e. The topological polar surface area (TPSA) is 57.4 Å². The Morgan fingerprint density at radius 2 is 1.77 bits per heavy atom. The van der Waals surface area contributed by atoms with Gasteiger partial charge >= 0.3 is 6.03 Å². The summed E-state index contributed by atoms with van der Waals surface area (Å²) in [6, 6.07) is 23.9. The highest BCUT2D eigenvalue weighted by Crippen LogP contribution is 2.39. The van der Waals surface area contributed by atoms with Crippen molar-refractivity contribution in [3.05, 3.63) is 95.2 Å². The zero-order chi connectivity index (χ0) is 21.4. The Morgan fingerprint density at radius 1 is 1.03 bits per heavy atom. The van der Waals surface area contributed by atoms with E-state index in [9.17, 15) is 4.79 Å². The number of H-pyrrole nitrogens is 1. The number of hydrogen-bond donors (Lipinski definition) is 2. The van der Waals surface area contributed by atoms with Crippen molar-refractivity contribution in [2.24, 2.45) is 0 Å². The summed E-state index contributed by atoms with van der Waals surface area (Å²) in [5, 5.41) is 4.29. The van der Waals surface area contributed by atoms with Gasteiger partial charge in [-0.15, -0.1) is 0 Å². The number of aromatic amines is 1. The first-order valence-electron chi connectivity index (χ1n) is 10.5. The van der Waals surface area contributed by atoms with Gasteiger partial charge in [-0.1, -0.05) is 60.2 Å². The van der Waals surface area contributed by atoms with Crippen molar-refractivity contribution >= 4 is 22.6 Å². The minimum Gasteiger partial charge on any atom is -0.495 e. The SMILES string of the molecule is COc1ccccc1NC(=O)N1CCc2c([nH]c3ccccc23)[C@@H]1c1ccc(C)cc1. The third-order valence-electron chi connectivity index (χ3n) is 6.04. The Bertz CT molecular complexity index is 1240. The summed E-state index contributed by atoms with van der Waals surface area (Å²) in [5.41, 5.74) is 6.44. The Kier molecular flexibility index (Phi) is 4.86. The average molecular weight is 412 g/mol. The molecule has 31 heavy (non-hydrogen) atoms. The lowest BCUT2D eigenvalue weighted by atomic mass is 9.92. The number of methoxy groups -OCH3 is 1. The number of benzene rings is 3. The van der Waals surface area contributed by atoms with Crippen LogP contribution in [0.25, 0.3) is 10.9 Å². The van der Waals surface area contributed by atoms with Crippen molar-refractivity contribution in [3.8, 4) is 5.75 Å². The molecule has 2 N–H and O–H groups in total. The van der Waals surface area contributed by atoms with Crippen molar-refractivity contribution in [1.29, 1.82) is 0 Å². The molecule has 3 aromatic carbocycles. The molecule has 2 amide bonds. The number of anilines is 1. The summed E-state index contributed by atoms with van der Waals surface area (Å²) < 4.78 is 5.41. The van der Waals surface area contributed by atoms with Crippen LogP contribution in [-0.4, -0.2) is 29.6 Å². The van der Waals surface area contributed by atoms with E-state index in [0.717, 1.165) is 23.2 Å². The molecule has 1 aliphatic heterocycles. The van der Waals surface area contributed by atoms with E-state index < -0.39 is 0 Å². The molecular weight excluding hydrogens is 386 g/mol. The molecule has 0 saturated heterocycles. The van der Waals surface area contributed by atoms with Gasteiger partial charge in [0.25, 0.3) is 0 Å². The van der Waals surface area contributed by atoms with Crippen LogP contribution in [0, 0.1) is 6.92 Å². The van der Waals surface area contributed by atoms with Gasteiger partial charge in [-0.2, -0.15) is 0 Å². The second kappa shape index (κ2) is 7.84. The summed E-state index contributed by atoms with van der Waals surface area (Å²) in [6.07, 6.45) is 0.807. The predicted octanol–water partition coefficient (Wildman–Crippen LogP) is 5.66. The number of aryl methyl sites for hydroxylation is 1. The van der Waals surface area contributed by atoms with E-state index in [-0.39, 0.29) is 12.1 Å². The molecule has 0 unspecified atom stereocenters. The number of fused-ring (bicyclic) bond motifs is 3. The molecule has 4 aromatic rings. The van der Waals surface area contributed by atoms with Gasteiger partial charge < -0.3 is 19.9 Å². The molecule has 5 nitrogen and oxygen atoms in total. The van der Waals surface area contributed by atoms with E-state index in [2.05, 4.69) is 59.7 Å². The first kappa shape index (κ1) is 19.2. The van der Waals surface area contributed by atoms with Gasteiger partial charge in [-0.3, -0.25) is 0 Å². The highest BCUT2D eigenvalue weighted by Gasteiger charge is 2.34. The molecule has 1 aromatic heterocycles. The molecule has 1 aliphatic rings. The van der Waals surface area contributed by atoms with E-state index in [0.29, 0.717) is 18.0 Å². The fourth-order valence-electron chi connectivity index (χ4n) is 4.49. The molecule has 5 rings (SSSR count). The molecule has 1 atom stereocenters. The van der Waals surface area contributed by atoms with Gasteiger partial charge in [-0.05, 0) is 42.7 Å². The fourth-order valence-corrected chi connectivity index (χ4v) is 4.49. The minimum atomic E-state index is -0.188. The quantitative estimate of drug-likeness (QED) is 0.457. The minimum absolute atomic E-state index is 0.139. The summed E-state index contributed by atoms with van der Waals surface area (Å²) in [6.45, 7) is 2.71. The summed E-state index contributed by atoms with van der Waals surface area (Å²) in [7, 11) is 1.61. The Balaban J connectivity index is 1.57. The van der Waals surface area contributed by atoms with Crippen LogP contribution in [0.5, 0.6) is 5.75 Å². The molecule has 156 valence electrons. The van der Waals surface area contributed by atoms with E-state index in [1.165, 1.54) is 16.5 Å². The van der Waals surface area contributed by atoms with Crippen LogP contribution in [-0.2, 0) is 6.42 Å². The molecule has 5 heteroatoms. The number of urea groups is 1. The van der Waals surface area contributed by atoms with E-state index in [4.69, 9.17) is 4.74 Å². The van der Waals surface area contributed by atoms with Gasteiger partial charge in [0.15, 0.2) is 0 Å². The molecule has 0 aliphatic carbocycles. The van der Waals surface area contributed by atoms with Crippen molar-refractivity contribution in [2.75, 3.05) is 19.0 Å². The first-order chi connectivity index (χ1) is 15.2. The maximum absolute atomic E-state index is 13.5. The summed E-state index contributed by atoms with van der Waals surface area (Å²) in [4.78, 5) is 19.0. The Morgan fingerprint density at radius 3 is 2.58 bits per heavy atom. The van der Waals surface area contributed by atoms with Crippen molar-refractivity contribution in [3.63, 3.8) is 0 Å². The second-order valence-corrected chi connectivity index (χ2v) is 7.95. The average Bonchev–Trinajstić information content (AvgIpc) is 3.18. The molecule has 0 radical (unpaired) electrons. The van der Waals surface area contributed by atoms with Crippen molar-refractivity contribution in [2.45, 2.75) is 19.4 Å². The molecule has 2 heterocycles.